The van der Waals surface area contributed by atoms with Crippen molar-refractivity contribution >= 4 is 23.3 Å². The number of nitrogens with one attached hydrogen (secondary N) is 1. The highest BCUT2D eigenvalue weighted by Crippen LogP contribution is 2.39. The van der Waals surface area contributed by atoms with E-state index in [4.69, 9.17) is 11.6 Å². The van der Waals surface area contributed by atoms with Crippen LogP contribution < -0.4 is 10.2 Å². The summed E-state index contributed by atoms with van der Waals surface area (Å²) in [4.78, 5) is 13.9. The highest BCUT2D eigenvalue weighted by atomic mass is 35.5. The Bertz CT molecular complexity index is 696. The number of halogens is 2. The molecule has 2 aromatic carbocycles. The molecule has 3 rings (SSSR count). The molecule has 3 nitrogen and oxygen atoms in total. The molecule has 1 N–H and O–H groups in total. The molecule has 0 aromatic heterocycles. The number of amides is 2. The predicted molar refractivity (Wildman–Crippen MR) is 90.5 cm³/mol. The molecule has 0 radical (unpaired) electrons. The molecule has 1 aliphatic rings. The summed E-state index contributed by atoms with van der Waals surface area (Å²) in [5.41, 5.74) is 1.63. The highest BCUT2D eigenvalue weighted by Gasteiger charge is 2.44. The number of nitrogens with zero attached hydrogens (tertiary/aromatic N) is 1. The Labute approximate surface area is 140 Å². The summed E-state index contributed by atoms with van der Waals surface area (Å²) in [6.45, 7) is 0. The molecule has 0 bridgehead atoms. The number of anilines is 1. The third-order valence-corrected chi connectivity index (χ3v) is 4.45. The summed E-state index contributed by atoms with van der Waals surface area (Å²) in [7, 11) is 1.68. The van der Waals surface area contributed by atoms with Crippen molar-refractivity contribution in [3.8, 4) is 0 Å². The predicted octanol–water partition coefficient (Wildman–Crippen LogP) is 4.40. The lowest BCUT2D eigenvalue weighted by molar-refractivity contribution is 0.242. The Kier molecular flexibility index (Phi) is 4.26. The van der Waals surface area contributed by atoms with Gasteiger partial charge in [-0.2, -0.15) is 0 Å². The molecule has 0 heterocycles. The zero-order chi connectivity index (χ0) is 16.4. The quantitative estimate of drug-likeness (QED) is 0.884. The minimum absolute atomic E-state index is 0.178. The van der Waals surface area contributed by atoms with Gasteiger partial charge in [-0.1, -0.05) is 23.7 Å². The fourth-order valence-corrected chi connectivity index (χ4v) is 2.71. The fraction of sp³-hybridized carbons (Fsp3) is 0.278. The van der Waals surface area contributed by atoms with Gasteiger partial charge in [-0.05, 0) is 61.2 Å². The lowest BCUT2D eigenvalue weighted by Crippen LogP contribution is -2.45. The van der Waals surface area contributed by atoms with Crippen molar-refractivity contribution in [3.63, 3.8) is 0 Å². The molecule has 1 aliphatic carbocycles. The molecule has 0 atom stereocenters. The Morgan fingerprint density at radius 1 is 1.17 bits per heavy atom. The fourth-order valence-electron chi connectivity index (χ4n) is 2.58. The van der Waals surface area contributed by atoms with E-state index in [1.807, 2.05) is 24.3 Å². The number of hydrogen-bond donors (Lipinski definition) is 1. The summed E-state index contributed by atoms with van der Waals surface area (Å²) in [5.74, 6) is -0.316. The Morgan fingerprint density at radius 2 is 1.78 bits per heavy atom. The topological polar surface area (TPSA) is 32.3 Å². The summed E-state index contributed by atoms with van der Waals surface area (Å²) < 4.78 is 13.0. The lowest BCUT2D eigenvalue weighted by atomic mass is 10.0. The van der Waals surface area contributed by atoms with Crippen LogP contribution in [0.4, 0.5) is 14.9 Å². The van der Waals surface area contributed by atoms with Crippen molar-refractivity contribution in [1.29, 1.82) is 0 Å². The molecule has 0 aliphatic heterocycles. The molecule has 2 amide bonds. The molecule has 1 fully saturated rings. The van der Waals surface area contributed by atoms with Gasteiger partial charge in [0.2, 0.25) is 0 Å². The average Bonchev–Trinajstić information content (AvgIpc) is 3.29. The van der Waals surface area contributed by atoms with Crippen LogP contribution in [0.5, 0.6) is 0 Å². The Balaban J connectivity index is 1.64. The van der Waals surface area contributed by atoms with E-state index in [9.17, 15) is 9.18 Å². The van der Waals surface area contributed by atoms with Crippen LogP contribution in [-0.2, 0) is 6.42 Å². The van der Waals surface area contributed by atoms with Gasteiger partial charge in [-0.3, -0.25) is 4.90 Å². The van der Waals surface area contributed by atoms with Gasteiger partial charge in [0.05, 0.1) is 0 Å². The maximum Gasteiger partial charge on any atom is 0.322 e. The summed E-state index contributed by atoms with van der Waals surface area (Å²) in [6.07, 6.45) is 2.70. The van der Waals surface area contributed by atoms with Crippen LogP contribution in [0.3, 0.4) is 0 Å². The molecule has 23 heavy (non-hydrogen) atoms. The van der Waals surface area contributed by atoms with Crippen LogP contribution in [-0.4, -0.2) is 18.6 Å². The second-order valence-corrected chi connectivity index (χ2v) is 6.49. The van der Waals surface area contributed by atoms with Gasteiger partial charge in [-0.15, -0.1) is 0 Å². The van der Waals surface area contributed by atoms with Crippen LogP contribution in [0.15, 0.2) is 48.5 Å². The van der Waals surface area contributed by atoms with Crippen LogP contribution in [0.25, 0.3) is 0 Å². The van der Waals surface area contributed by atoms with Crippen molar-refractivity contribution in [2.75, 3.05) is 11.9 Å². The van der Waals surface area contributed by atoms with Gasteiger partial charge in [-0.25, -0.2) is 9.18 Å². The molecule has 0 saturated heterocycles. The normalized spacial score (nSPS) is 15.1. The zero-order valence-corrected chi connectivity index (χ0v) is 13.6. The Hall–Kier alpha value is -2.07. The van der Waals surface area contributed by atoms with Crippen molar-refractivity contribution in [2.24, 2.45) is 0 Å². The summed E-state index contributed by atoms with van der Waals surface area (Å²) in [6, 6.07) is 13.4. The monoisotopic (exact) mass is 332 g/mol. The molecule has 1 saturated carbocycles. The first kappa shape index (κ1) is 15.8. The largest absolute Gasteiger partial charge is 0.332 e. The van der Waals surface area contributed by atoms with E-state index in [1.54, 1.807) is 19.2 Å². The highest BCUT2D eigenvalue weighted by molar-refractivity contribution is 6.30. The van der Waals surface area contributed by atoms with E-state index in [-0.39, 0.29) is 17.4 Å². The molecule has 2 aromatic rings. The van der Waals surface area contributed by atoms with E-state index in [0.717, 1.165) is 24.8 Å². The van der Waals surface area contributed by atoms with Crippen LogP contribution in [0, 0.1) is 5.82 Å². The number of benzene rings is 2. The van der Waals surface area contributed by atoms with Crippen molar-refractivity contribution in [2.45, 2.75) is 24.8 Å². The first-order valence-electron chi connectivity index (χ1n) is 7.53. The van der Waals surface area contributed by atoms with E-state index in [1.165, 1.54) is 17.0 Å². The third kappa shape index (κ3) is 3.82. The number of carbonyl (C=O) groups excluding carboxylic acids is 1. The van der Waals surface area contributed by atoms with Crippen molar-refractivity contribution < 1.29 is 9.18 Å². The summed E-state index contributed by atoms with van der Waals surface area (Å²) >= 11 is 5.90. The van der Waals surface area contributed by atoms with Gasteiger partial charge in [0.15, 0.2) is 0 Å². The zero-order valence-electron chi connectivity index (χ0n) is 12.9. The Morgan fingerprint density at radius 3 is 2.35 bits per heavy atom. The van der Waals surface area contributed by atoms with Gasteiger partial charge in [0, 0.05) is 23.3 Å². The second kappa shape index (κ2) is 6.20. The molecular weight excluding hydrogens is 315 g/mol. The van der Waals surface area contributed by atoms with E-state index in [2.05, 4.69) is 5.32 Å². The first-order chi connectivity index (χ1) is 11.0. The van der Waals surface area contributed by atoms with Crippen LogP contribution >= 0.6 is 11.6 Å². The van der Waals surface area contributed by atoms with Gasteiger partial charge >= 0.3 is 6.03 Å². The molecule has 5 heteroatoms. The average molecular weight is 333 g/mol. The van der Waals surface area contributed by atoms with Crippen molar-refractivity contribution in [3.05, 3.63) is 64.9 Å². The van der Waals surface area contributed by atoms with Crippen molar-refractivity contribution in [1.82, 2.24) is 5.32 Å². The number of hydrogen-bond acceptors (Lipinski definition) is 1. The molecular formula is C18H18ClFN2O. The van der Waals surface area contributed by atoms with E-state index < -0.39 is 0 Å². The standard InChI is InChI=1S/C18H18ClFN2O/c1-22(16-8-6-15(20)7-9-16)17(23)21-18(10-11-18)12-13-2-4-14(19)5-3-13/h2-9H,10-12H2,1H3,(H,21,23). The minimum Gasteiger partial charge on any atom is -0.332 e. The maximum absolute atomic E-state index is 13.0. The second-order valence-electron chi connectivity index (χ2n) is 6.05. The SMILES string of the molecule is CN(C(=O)NC1(Cc2ccc(Cl)cc2)CC1)c1ccc(F)cc1. The van der Waals surface area contributed by atoms with Crippen LogP contribution in [0.1, 0.15) is 18.4 Å². The molecule has 120 valence electrons. The van der Waals surface area contributed by atoms with Gasteiger partial charge in [0.25, 0.3) is 0 Å². The minimum atomic E-state index is -0.316. The smallest absolute Gasteiger partial charge is 0.322 e. The van der Waals surface area contributed by atoms with Crippen LogP contribution in [0.2, 0.25) is 5.02 Å². The first-order valence-corrected chi connectivity index (χ1v) is 7.91. The number of carbonyl (C=O) groups is 1. The third-order valence-electron chi connectivity index (χ3n) is 4.20. The number of rotatable bonds is 4. The molecule has 0 unspecified atom stereocenters. The molecule has 0 spiro atoms. The summed E-state index contributed by atoms with van der Waals surface area (Å²) in [5, 5.41) is 3.81. The number of urea groups is 1. The van der Waals surface area contributed by atoms with E-state index in [0.29, 0.717) is 10.7 Å². The lowest BCUT2D eigenvalue weighted by Gasteiger charge is -2.23. The van der Waals surface area contributed by atoms with Gasteiger partial charge < -0.3 is 5.32 Å². The van der Waals surface area contributed by atoms with Gasteiger partial charge in [0.1, 0.15) is 5.82 Å². The maximum atomic E-state index is 13.0. The van der Waals surface area contributed by atoms with E-state index >= 15 is 0 Å².